The minimum absolute atomic E-state index is 0.0937. The second-order valence-electron chi connectivity index (χ2n) is 3.90. The molecule has 1 unspecified atom stereocenters. The minimum Gasteiger partial charge on any atom is -0.340 e. The van der Waals surface area contributed by atoms with Gasteiger partial charge in [0.15, 0.2) is 0 Å². The van der Waals surface area contributed by atoms with Crippen LogP contribution in [0.1, 0.15) is 17.2 Å². The molecule has 1 rings (SSSR count). The molecular formula is C13H18N2O. The van der Waals surface area contributed by atoms with Gasteiger partial charge in [0.05, 0.1) is 0 Å². The van der Waals surface area contributed by atoms with Crippen molar-refractivity contribution in [2.75, 3.05) is 13.6 Å². The van der Waals surface area contributed by atoms with Crippen molar-refractivity contribution in [3.05, 3.63) is 48.0 Å². The summed E-state index contributed by atoms with van der Waals surface area (Å²) in [5.74, 6) is -0.0937. The molecule has 0 heterocycles. The first-order chi connectivity index (χ1) is 7.56. The molecule has 0 aliphatic rings. The quantitative estimate of drug-likeness (QED) is 0.781. The molecule has 0 aromatic heterocycles. The fourth-order valence-corrected chi connectivity index (χ4v) is 1.44. The van der Waals surface area contributed by atoms with E-state index in [1.165, 1.54) is 0 Å². The third-order valence-electron chi connectivity index (χ3n) is 2.48. The third kappa shape index (κ3) is 2.94. The molecule has 0 aliphatic heterocycles. The second kappa shape index (κ2) is 5.47. The molecule has 0 radical (unpaired) electrons. The topological polar surface area (TPSA) is 46.3 Å². The van der Waals surface area contributed by atoms with Gasteiger partial charge in [-0.25, -0.2) is 0 Å². The Morgan fingerprint density at radius 2 is 2.06 bits per heavy atom. The van der Waals surface area contributed by atoms with Crippen LogP contribution in [-0.4, -0.2) is 24.4 Å². The zero-order chi connectivity index (χ0) is 12.1. The zero-order valence-corrected chi connectivity index (χ0v) is 9.81. The molecule has 1 atom stereocenters. The van der Waals surface area contributed by atoms with Crippen molar-refractivity contribution in [2.45, 2.75) is 13.0 Å². The summed E-state index contributed by atoms with van der Waals surface area (Å²) < 4.78 is 0. The van der Waals surface area contributed by atoms with E-state index in [1.54, 1.807) is 18.0 Å². The molecular weight excluding hydrogens is 200 g/mol. The number of nitrogens with two attached hydrogens (primary N) is 1. The van der Waals surface area contributed by atoms with E-state index < -0.39 is 6.04 Å². The van der Waals surface area contributed by atoms with Gasteiger partial charge in [0, 0.05) is 13.6 Å². The average molecular weight is 218 g/mol. The molecule has 0 saturated carbocycles. The SMILES string of the molecule is C=CCN(C)C(=O)C(N)c1ccc(C)cc1. The van der Waals surface area contributed by atoms with Crippen molar-refractivity contribution >= 4 is 5.91 Å². The van der Waals surface area contributed by atoms with Crippen LogP contribution in [0.4, 0.5) is 0 Å². The van der Waals surface area contributed by atoms with Crippen LogP contribution >= 0.6 is 0 Å². The average Bonchev–Trinajstić information content (AvgIpc) is 2.28. The molecule has 0 spiro atoms. The molecule has 0 saturated heterocycles. The van der Waals surface area contributed by atoms with Crippen LogP contribution < -0.4 is 5.73 Å². The number of aryl methyl sites for hydroxylation is 1. The Balaban J connectivity index is 2.77. The van der Waals surface area contributed by atoms with Crippen LogP contribution in [0.3, 0.4) is 0 Å². The summed E-state index contributed by atoms with van der Waals surface area (Å²) in [6.07, 6.45) is 1.68. The normalized spacial score (nSPS) is 11.9. The summed E-state index contributed by atoms with van der Waals surface area (Å²) >= 11 is 0. The molecule has 3 nitrogen and oxygen atoms in total. The van der Waals surface area contributed by atoms with E-state index in [2.05, 4.69) is 6.58 Å². The van der Waals surface area contributed by atoms with Crippen LogP contribution in [0.25, 0.3) is 0 Å². The van der Waals surface area contributed by atoms with E-state index >= 15 is 0 Å². The van der Waals surface area contributed by atoms with Crippen molar-refractivity contribution in [3.8, 4) is 0 Å². The minimum atomic E-state index is -0.592. The number of benzene rings is 1. The maximum absolute atomic E-state index is 11.9. The van der Waals surface area contributed by atoms with Crippen molar-refractivity contribution < 1.29 is 4.79 Å². The van der Waals surface area contributed by atoms with Crippen molar-refractivity contribution in [3.63, 3.8) is 0 Å². The Hall–Kier alpha value is -1.61. The number of hydrogen-bond acceptors (Lipinski definition) is 2. The van der Waals surface area contributed by atoms with Gasteiger partial charge in [-0.15, -0.1) is 6.58 Å². The molecule has 0 aliphatic carbocycles. The lowest BCUT2D eigenvalue weighted by Gasteiger charge is -2.20. The van der Waals surface area contributed by atoms with E-state index in [9.17, 15) is 4.79 Å². The Bertz CT molecular complexity index is 370. The maximum atomic E-state index is 11.9. The van der Waals surface area contributed by atoms with Gasteiger partial charge < -0.3 is 10.6 Å². The first-order valence-electron chi connectivity index (χ1n) is 5.24. The highest BCUT2D eigenvalue weighted by atomic mass is 16.2. The monoisotopic (exact) mass is 218 g/mol. The fourth-order valence-electron chi connectivity index (χ4n) is 1.44. The van der Waals surface area contributed by atoms with Gasteiger partial charge in [-0.05, 0) is 12.5 Å². The third-order valence-corrected chi connectivity index (χ3v) is 2.48. The number of rotatable bonds is 4. The fraction of sp³-hybridized carbons (Fsp3) is 0.308. The Morgan fingerprint density at radius 3 is 2.56 bits per heavy atom. The zero-order valence-electron chi connectivity index (χ0n) is 9.81. The molecule has 3 heteroatoms. The van der Waals surface area contributed by atoms with E-state index in [4.69, 9.17) is 5.73 Å². The van der Waals surface area contributed by atoms with E-state index in [-0.39, 0.29) is 5.91 Å². The summed E-state index contributed by atoms with van der Waals surface area (Å²) in [5, 5.41) is 0. The number of hydrogen-bond donors (Lipinski definition) is 1. The van der Waals surface area contributed by atoms with Gasteiger partial charge in [0.1, 0.15) is 6.04 Å². The largest absolute Gasteiger partial charge is 0.340 e. The van der Waals surface area contributed by atoms with E-state index in [0.717, 1.165) is 11.1 Å². The number of nitrogens with zero attached hydrogens (tertiary/aromatic N) is 1. The van der Waals surface area contributed by atoms with Gasteiger partial charge >= 0.3 is 0 Å². The molecule has 0 fully saturated rings. The number of carbonyl (C=O) groups is 1. The van der Waals surface area contributed by atoms with Gasteiger partial charge in [-0.3, -0.25) is 4.79 Å². The number of likely N-dealkylation sites (N-methyl/N-ethyl adjacent to an activating group) is 1. The Morgan fingerprint density at radius 1 is 1.50 bits per heavy atom. The number of carbonyl (C=O) groups excluding carboxylic acids is 1. The summed E-state index contributed by atoms with van der Waals surface area (Å²) in [4.78, 5) is 13.4. The van der Waals surface area contributed by atoms with Gasteiger partial charge in [0.2, 0.25) is 5.91 Å². The second-order valence-corrected chi connectivity index (χ2v) is 3.90. The van der Waals surface area contributed by atoms with Crippen molar-refractivity contribution in [2.24, 2.45) is 5.73 Å². The predicted molar refractivity (Wildman–Crippen MR) is 65.9 cm³/mol. The standard InChI is InChI=1S/C13H18N2O/c1-4-9-15(3)13(16)12(14)11-7-5-10(2)6-8-11/h4-8,12H,1,9,14H2,2-3H3. The van der Waals surface area contributed by atoms with E-state index in [0.29, 0.717) is 6.54 Å². The summed E-state index contributed by atoms with van der Waals surface area (Å²) in [5.41, 5.74) is 7.89. The van der Waals surface area contributed by atoms with Gasteiger partial charge in [0.25, 0.3) is 0 Å². The van der Waals surface area contributed by atoms with Crippen LogP contribution in [-0.2, 0) is 4.79 Å². The lowest BCUT2D eigenvalue weighted by Crippen LogP contribution is -2.35. The molecule has 16 heavy (non-hydrogen) atoms. The van der Waals surface area contributed by atoms with Gasteiger partial charge in [-0.2, -0.15) is 0 Å². The molecule has 1 aromatic carbocycles. The number of amides is 1. The van der Waals surface area contributed by atoms with E-state index in [1.807, 2.05) is 31.2 Å². The summed E-state index contributed by atoms with van der Waals surface area (Å²) in [6, 6.07) is 7.09. The highest BCUT2D eigenvalue weighted by Crippen LogP contribution is 2.13. The van der Waals surface area contributed by atoms with Crippen LogP contribution in [0.15, 0.2) is 36.9 Å². The Labute approximate surface area is 96.6 Å². The van der Waals surface area contributed by atoms with Crippen molar-refractivity contribution in [1.82, 2.24) is 4.90 Å². The molecule has 1 amide bonds. The lowest BCUT2D eigenvalue weighted by atomic mass is 10.1. The summed E-state index contributed by atoms with van der Waals surface area (Å²) in [6.45, 7) is 6.11. The molecule has 86 valence electrons. The Kier molecular flexibility index (Phi) is 4.26. The highest BCUT2D eigenvalue weighted by Gasteiger charge is 2.18. The van der Waals surface area contributed by atoms with Crippen LogP contribution in [0.5, 0.6) is 0 Å². The molecule has 0 bridgehead atoms. The first-order valence-corrected chi connectivity index (χ1v) is 5.24. The van der Waals surface area contributed by atoms with Crippen LogP contribution in [0, 0.1) is 6.92 Å². The maximum Gasteiger partial charge on any atom is 0.244 e. The predicted octanol–water partition coefficient (Wildman–Crippen LogP) is 1.64. The lowest BCUT2D eigenvalue weighted by molar-refractivity contribution is -0.130. The van der Waals surface area contributed by atoms with Crippen molar-refractivity contribution in [1.29, 1.82) is 0 Å². The molecule has 2 N–H and O–H groups in total. The smallest absolute Gasteiger partial charge is 0.244 e. The van der Waals surface area contributed by atoms with Crippen LogP contribution in [0.2, 0.25) is 0 Å². The molecule has 1 aromatic rings. The first kappa shape index (κ1) is 12.5. The van der Waals surface area contributed by atoms with Gasteiger partial charge in [-0.1, -0.05) is 35.9 Å². The summed E-state index contributed by atoms with van der Waals surface area (Å²) in [7, 11) is 1.72. The highest BCUT2D eigenvalue weighted by molar-refractivity contribution is 5.82.